The zero-order valence-corrected chi connectivity index (χ0v) is 19.7. The summed E-state index contributed by atoms with van der Waals surface area (Å²) in [5.41, 5.74) is 2.28. The van der Waals surface area contributed by atoms with Crippen LogP contribution in [0.5, 0.6) is 0 Å². The van der Waals surface area contributed by atoms with Crippen molar-refractivity contribution in [3.63, 3.8) is 0 Å². The molecule has 2 aromatic rings. The number of hydrogen-bond donors (Lipinski definition) is 2. The fourth-order valence-electron chi connectivity index (χ4n) is 4.54. The topological polar surface area (TPSA) is 88.1 Å². The number of rotatable bonds is 3. The molecule has 2 N–H and O–H groups in total. The normalized spacial score (nSPS) is 24.8. The average Bonchev–Trinajstić information content (AvgIpc) is 2.78. The fraction of sp³-hybridized carbons (Fsp3) is 0.462. The van der Waals surface area contributed by atoms with Crippen molar-refractivity contribution in [3.05, 3.63) is 71.0 Å². The molecule has 182 valence electrons. The third-order valence-electron chi connectivity index (χ3n) is 6.13. The van der Waals surface area contributed by atoms with Crippen LogP contribution >= 0.6 is 0 Å². The molecule has 1 saturated heterocycles. The summed E-state index contributed by atoms with van der Waals surface area (Å²) < 4.78 is 24.7. The molecular formula is C26H31FN2O5. The summed E-state index contributed by atoms with van der Waals surface area (Å²) in [6.07, 6.45) is -1.71. The summed E-state index contributed by atoms with van der Waals surface area (Å²) in [5, 5.41) is 13.3. The number of carbonyl (C=O) groups excluding carboxylic acids is 2. The minimum absolute atomic E-state index is 0.0115. The van der Waals surface area contributed by atoms with Crippen LogP contribution in [0.4, 0.5) is 9.18 Å². The lowest BCUT2D eigenvalue weighted by molar-refractivity contribution is -0.155. The monoisotopic (exact) mass is 470 g/mol. The van der Waals surface area contributed by atoms with E-state index in [1.807, 2.05) is 24.3 Å². The van der Waals surface area contributed by atoms with Crippen LogP contribution in [0.3, 0.4) is 0 Å². The molecule has 7 nitrogen and oxygen atoms in total. The molecule has 0 aliphatic carbocycles. The molecule has 2 aliphatic heterocycles. The number of carbonyl (C=O) groups is 2. The Labute approximate surface area is 198 Å². The van der Waals surface area contributed by atoms with Crippen molar-refractivity contribution in [2.75, 3.05) is 13.2 Å². The van der Waals surface area contributed by atoms with Gasteiger partial charge in [-0.1, -0.05) is 36.4 Å². The molecule has 2 aliphatic rings. The quantitative estimate of drug-likeness (QED) is 0.719. The summed E-state index contributed by atoms with van der Waals surface area (Å²) in [5.74, 6) is -0.577. The minimum atomic E-state index is -0.962. The van der Waals surface area contributed by atoms with Gasteiger partial charge in [-0.25, -0.2) is 9.18 Å². The van der Waals surface area contributed by atoms with E-state index in [4.69, 9.17) is 9.47 Å². The van der Waals surface area contributed by atoms with Crippen molar-refractivity contribution in [3.8, 4) is 0 Å². The summed E-state index contributed by atoms with van der Waals surface area (Å²) in [7, 11) is 0. The molecule has 0 saturated carbocycles. The molecule has 0 aromatic heterocycles. The zero-order chi connectivity index (χ0) is 24.5. The van der Waals surface area contributed by atoms with Crippen LogP contribution in [0.15, 0.2) is 48.5 Å². The van der Waals surface area contributed by atoms with Crippen LogP contribution in [-0.2, 0) is 20.7 Å². The summed E-state index contributed by atoms with van der Waals surface area (Å²) in [6.45, 7) is 5.73. The Bertz CT molecular complexity index is 1040. The Morgan fingerprint density at radius 3 is 2.53 bits per heavy atom. The molecule has 4 rings (SSSR count). The second-order valence-corrected chi connectivity index (χ2v) is 9.81. The van der Waals surface area contributed by atoms with Gasteiger partial charge in [-0.15, -0.1) is 0 Å². The van der Waals surface area contributed by atoms with E-state index in [0.717, 1.165) is 16.7 Å². The van der Waals surface area contributed by atoms with Gasteiger partial charge in [0.2, 0.25) is 0 Å². The Balaban J connectivity index is 1.50. The molecule has 0 bridgehead atoms. The van der Waals surface area contributed by atoms with Crippen LogP contribution in [-0.4, -0.2) is 59.0 Å². The number of halogens is 1. The molecular weight excluding hydrogens is 439 g/mol. The van der Waals surface area contributed by atoms with E-state index < -0.39 is 29.9 Å². The van der Waals surface area contributed by atoms with Gasteiger partial charge in [-0.3, -0.25) is 4.79 Å². The molecule has 1 unspecified atom stereocenters. The standard InChI is InChI=1S/C26H31FN2O5/c1-26(2,3)34-25(32)28-20-15-33-22(14-21(20)30)24(31)29-13-12-16-6-4-5-7-19(16)23(29)17-8-10-18(27)11-9-17/h4-11,20-23,30H,12-15H2,1-3H3,(H,28,32)/t20-,21?,22-,23-/m0/s1. The molecule has 2 aromatic carbocycles. The van der Waals surface area contributed by atoms with Gasteiger partial charge in [-0.05, 0) is 56.0 Å². The Morgan fingerprint density at radius 2 is 1.85 bits per heavy atom. The van der Waals surface area contributed by atoms with Crippen molar-refractivity contribution in [2.45, 2.75) is 63.5 Å². The zero-order valence-electron chi connectivity index (χ0n) is 19.7. The largest absolute Gasteiger partial charge is 0.444 e. The first-order valence-electron chi connectivity index (χ1n) is 11.6. The van der Waals surface area contributed by atoms with Crippen LogP contribution in [0, 0.1) is 5.82 Å². The van der Waals surface area contributed by atoms with Gasteiger partial charge in [0, 0.05) is 13.0 Å². The Hall–Kier alpha value is -2.97. The molecule has 2 heterocycles. The second kappa shape index (κ2) is 9.72. The SMILES string of the molecule is CC(C)(C)OC(=O)N[C@H]1CO[C@H](C(=O)N2CCc3ccccc3[C@@H]2c2ccc(F)cc2)CC1O. The van der Waals surface area contributed by atoms with E-state index in [1.165, 1.54) is 12.1 Å². The predicted molar refractivity (Wildman–Crippen MR) is 124 cm³/mol. The maximum Gasteiger partial charge on any atom is 0.408 e. The number of hydrogen-bond acceptors (Lipinski definition) is 5. The molecule has 8 heteroatoms. The molecule has 34 heavy (non-hydrogen) atoms. The lowest BCUT2D eigenvalue weighted by Gasteiger charge is -2.41. The van der Waals surface area contributed by atoms with Crippen molar-refractivity contribution in [2.24, 2.45) is 0 Å². The van der Waals surface area contributed by atoms with E-state index in [2.05, 4.69) is 5.32 Å². The lowest BCUT2D eigenvalue weighted by atomic mass is 9.87. The van der Waals surface area contributed by atoms with Crippen molar-refractivity contribution < 1.29 is 28.6 Å². The summed E-state index contributed by atoms with van der Waals surface area (Å²) in [4.78, 5) is 27.4. The van der Waals surface area contributed by atoms with Crippen molar-refractivity contribution in [1.29, 1.82) is 0 Å². The second-order valence-electron chi connectivity index (χ2n) is 9.81. The van der Waals surface area contributed by atoms with Crippen LogP contribution in [0.1, 0.15) is 49.9 Å². The van der Waals surface area contributed by atoms with Crippen molar-refractivity contribution >= 4 is 12.0 Å². The van der Waals surface area contributed by atoms with E-state index in [9.17, 15) is 19.1 Å². The van der Waals surface area contributed by atoms with Crippen molar-refractivity contribution in [1.82, 2.24) is 10.2 Å². The van der Waals surface area contributed by atoms with Gasteiger partial charge in [-0.2, -0.15) is 0 Å². The fourth-order valence-corrected chi connectivity index (χ4v) is 4.54. The minimum Gasteiger partial charge on any atom is -0.444 e. The van der Waals surface area contributed by atoms with Gasteiger partial charge in [0.25, 0.3) is 5.91 Å². The predicted octanol–water partition coefficient (Wildman–Crippen LogP) is 3.34. The Kier molecular flexibility index (Phi) is 6.91. The first-order valence-corrected chi connectivity index (χ1v) is 11.6. The number of amides is 2. The van der Waals surface area contributed by atoms with Gasteiger partial charge in [0.15, 0.2) is 0 Å². The Morgan fingerprint density at radius 1 is 1.15 bits per heavy atom. The number of fused-ring (bicyclic) bond motifs is 1. The van der Waals surface area contributed by atoms with Gasteiger partial charge in [0.1, 0.15) is 17.5 Å². The van der Waals surface area contributed by atoms with E-state index in [1.54, 1.807) is 37.8 Å². The molecule has 4 atom stereocenters. The highest BCUT2D eigenvalue weighted by Gasteiger charge is 2.40. The molecule has 2 amide bonds. The number of nitrogens with one attached hydrogen (secondary N) is 1. The van der Waals surface area contributed by atoms with Gasteiger partial charge < -0.3 is 24.8 Å². The van der Waals surface area contributed by atoms with Crippen LogP contribution in [0.25, 0.3) is 0 Å². The number of aliphatic hydroxyl groups excluding tert-OH is 1. The number of ether oxygens (including phenoxy) is 2. The van der Waals surface area contributed by atoms with Gasteiger partial charge in [0.05, 0.1) is 24.8 Å². The summed E-state index contributed by atoms with van der Waals surface area (Å²) in [6, 6.07) is 13.0. The first kappa shape index (κ1) is 24.2. The third kappa shape index (κ3) is 5.39. The van der Waals surface area contributed by atoms with E-state index in [0.29, 0.717) is 13.0 Å². The summed E-state index contributed by atoms with van der Waals surface area (Å²) >= 11 is 0. The molecule has 0 spiro atoms. The number of benzene rings is 2. The maximum atomic E-state index is 13.6. The van der Waals surface area contributed by atoms with E-state index >= 15 is 0 Å². The average molecular weight is 471 g/mol. The highest BCUT2D eigenvalue weighted by molar-refractivity contribution is 5.82. The molecule has 0 radical (unpaired) electrons. The van der Waals surface area contributed by atoms with E-state index in [-0.39, 0.29) is 30.8 Å². The van der Waals surface area contributed by atoms with Gasteiger partial charge >= 0.3 is 6.09 Å². The van der Waals surface area contributed by atoms with Crippen LogP contribution in [0.2, 0.25) is 0 Å². The first-order chi connectivity index (χ1) is 16.1. The highest BCUT2D eigenvalue weighted by Crippen LogP contribution is 2.36. The number of nitrogens with zero attached hydrogens (tertiary/aromatic N) is 1. The third-order valence-corrected chi connectivity index (χ3v) is 6.13. The number of alkyl carbamates (subject to hydrolysis) is 1. The highest BCUT2D eigenvalue weighted by atomic mass is 19.1. The van der Waals surface area contributed by atoms with Crippen LogP contribution < -0.4 is 5.32 Å². The maximum absolute atomic E-state index is 13.6. The smallest absolute Gasteiger partial charge is 0.408 e. The number of aliphatic hydroxyl groups is 1. The lowest BCUT2D eigenvalue weighted by Crippen LogP contribution is -2.56. The molecule has 1 fully saturated rings.